The van der Waals surface area contributed by atoms with Gasteiger partial charge in [0.1, 0.15) is 47.9 Å². The Labute approximate surface area is 339 Å². The first-order valence-electron chi connectivity index (χ1n) is 17.0. The summed E-state index contributed by atoms with van der Waals surface area (Å²) < 4.78 is 68.4. The molecule has 61 heavy (non-hydrogen) atoms. The summed E-state index contributed by atoms with van der Waals surface area (Å²) in [5.41, 5.74) is 4.60. The molecule has 5 heterocycles. The van der Waals surface area contributed by atoms with E-state index in [9.17, 15) is 73.4 Å². The number of imidazole rings is 1. The molecule has 1 aromatic carbocycles. The quantitative estimate of drug-likeness (QED) is 0.0235. The van der Waals surface area contributed by atoms with Crippen molar-refractivity contribution in [2.24, 2.45) is 0 Å². The number of phosphoric acid groups is 3. The number of nitrogens with one attached hydrogen (secondary N) is 1. The summed E-state index contributed by atoms with van der Waals surface area (Å²) in [5.74, 6) is -2.76. The van der Waals surface area contributed by atoms with Gasteiger partial charge in [-0.05, 0) is 12.1 Å². The van der Waals surface area contributed by atoms with Crippen molar-refractivity contribution in [3.63, 3.8) is 0 Å². The van der Waals surface area contributed by atoms with Crippen LogP contribution in [0.5, 0.6) is 0 Å². The molecule has 2 aliphatic rings. The predicted molar refractivity (Wildman–Crippen MR) is 190 cm³/mol. The monoisotopic (exact) mass is 922 g/mol. The minimum Gasteiger partial charge on any atom is -0.756 e. The van der Waals surface area contributed by atoms with Crippen molar-refractivity contribution >= 4 is 58.0 Å². The first-order valence-corrected chi connectivity index (χ1v) is 21.5. The maximum atomic E-state index is 13.1. The Hall–Kier alpha value is -4.77. The fraction of sp³-hybridized carbons (Fsp3) is 0.379. The summed E-state index contributed by atoms with van der Waals surface area (Å²) in [7, 11) is -16.9. The van der Waals surface area contributed by atoms with Gasteiger partial charge >= 0.3 is 21.6 Å². The highest BCUT2D eigenvalue weighted by Crippen LogP contribution is 2.59. The molecule has 2 aliphatic heterocycles. The van der Waals surface area contributed by atoms with E-state index in [0.29, 0.717) is 0 Å². The standard InChI is InChI=1S/C29H33N8O21P3/c30-24-19-25(32-11-31-24)36(12-33-19)28-23(57-59(46,47)48)21(39)17(56-28)10-54-61(51,52)58-60(49,50)53-9-16-20(38)22(40)27(55-16)35-7-3-4-13(8-35)26(41)34-18(29(42)43)14-5-1-2-6-15(14)37(44)45/h1-8,11-12,16-18,20-23,27-28,38-40H,9-10H2,(H7-,30,31,32,34,41,42,43,46,47,48,49,50,51,52)/t16-,17-,18?,20-,21-,22-,23-,27-,28-/m1/s1. The number of nitrogens with zero attached hydrogens (tertiary/aromatic N) is 6. The number of hydrogen-bond acceptors (Lipinski definition) is 21. The number of fused-ring (bicyclic) bond motifs is 1. The molecule has 29 nitrogen and oxygen atoms in total. The molecule has 330 valence electrons. The number of rotatable bonds is 17. The Bertz CT molecular complexity index is 2460. The van der Waals surface area contributed by atoms with Gasteiger partial charge < -0.3 is 65.0 Å². The highest BCUT2D eigenvalue weighted by Gasteiger charge is 2.51. The van der Waals surface area contributed by atoms with E-state index in [1.807, 2.05) is 0 Å². The molecule has 6 rings (SSSR count). The first-order chi connectivity index (χ1) is 28.6. The number of aliphatic hydroxyl groups is 3. The van der Waals surface area contributed by atoms with Crippen molar-refractivity contribution in [3.05, 3.63) is 82.7 Å². The number of ether oxygens (including phenoxy) is 2. The number of aliphatic hydroxyl groups excluding tert-OH is 3. The van der Waals surface area contributed by atoms with Crippen LogP contribution in [0.2, 0.25) is 0 Å². The van der Waals surface area contributed by atoms with E-state index in [2.05, 4.69) is 33.6 Å². The molecule has 0 radical (unpaired) electrons. The van der Waals surface area contributed by atoms with Crippen molar-refractivity contribution in [2.75, 3.05) is 18.9 Å². The molecule has 4 aromatic rings. The zero-order valence-electron chi connectivity index (χ0n) is 30.3. The summed E-state index contributed by atoms with van der Waals surface area (Å²) in [6, 6.07) is 5.42. The highest BCUT2D eigenvalue weighted by atomic mass is 31.3. The third kappa shape index (κ3) is 10.5. The lowest BCUT2D eigenvalue weighted by Crippen LogP contribution is -2.46. The Morgan fingerprint density at radius 1 is 0.984 bits per heavy atom. The molecule has 0 bridgehead atoms. The van der Waals surface area contributed by atoms with E-state index in [-0.39, 0.29) is 28.1 Å². The number of carbonyl (C=O) groups is 2. The Morgan fingerprint density at radius 3 is 2.36 bits per heavy atom. The van der Waals surface area contributed by atoms with Gasteiger partial charge in [-0.3, -0.25) is 33.1 Å². The smallest absolute Gasteiger partial charge is 0.478 e. The minimum absolute atomic E-state index is 0.0256. The van der Waals surface area contributed by atoms with Crippen LogP contribution in [0.15, 0.2) is 61.4 Å². The Balaban J connectivity index is 1.06. The number of nitro benzene ring substituents is 1. The van der Waals surface area contributed by atoms with Gasteiger partial charge in [0.25, 0.3) is 25.6 Å². The number of nitrogen functional groups attached to an aromatic ring is 1. The van der Waals surface area contributed by atoms with Crippen LogP contribution in [0.4, 0.5) is 11.5 Å². The Kier molecular flexibility index (Phi) is 13.4. The number of phosphoric ester groups is 3. The molecule has 0 aliphatic carbocycles. The number of aromatic nitrogens is 5. The summed E-state index contributed by atoms with van der Waals surface area (Å²) in [6.45, 7) is -2.31. The van der Waals surface area contributed by atoms with Gasteiger partial charge in [-0.15, -0.1) is 0 Å². The van der Waals surface area contributed by atoms with Crippen LogP contribution in [0.25, 0.3) is 11.2 Å². The molecule has 0 spiro atoms. The topological polar surface area (TPSA) is 434 Å². The molecule has 3 aromatic heterocycles. The van der Waals surface area contributed by atoms with Gasteiger partial charge in [-0.1, -0.05) is 12.1 Å². The SMILES string of the molecule is Nc1ncnc2c1ncn2[C@@H]1O[C@H](COP(=O)(O)OP(=O)([O-])OC[C@H]2O[C@@H]([n+]3cccc(C(=O)NC(C(=O)O)c4ccccc4[N+](=O)[O-])c3)[C@H](O)[C@@H]2O)[C@@H](O)[C@H]1OP(=O)(O)O. The lowest BCUT2D eigenvalue weighted by Gasteiger charge is -2.26. The van der Waals surface area contributed by atoms with Gasteiger partial charge in [0.15, 0.2) is 42.2 Å². The van der Waals surface area contributed by atoms with Gasteiger partial charge in [-0.25, -0.2) is 33.2 Å². The van der Waals surface area contributed by atoms with Crippen LogP contribution in [0.3, 0.4) is 0 Å². The molecule has 3 unspecified atom stereocenters. The normalized spacial score (nSPS) is 26.7. The number of benzene rings is 1. The second-order valence-electron chi connectivity index (χ2n) is 12.9. The number of aliphatic carboxylic acids is 1. The molecule has 10 N–H and O–H groups in total. The largest absolute Gasteiger partial charge is 0.756 e. The molecule has 1 amide bonds. The van der Waals surface area contributed by atoms with E-state index in [1.54, 1.807) is 0 Å². The summed E-state index contributed by atoms with van der Waals surface area (Å²) in [6.07, 6.45) is -9.88. The Morgan fingerprint density at radius 2 is 1.67 bits per heavy atom. The highest BCUT2D eigenvalue weighted by molar-refractivity contribution is 7.60. The maximum Gasteiger partial charge on any atom is 0.478 e. The van der Waals surface area contributed by atoms with Gasteiger partial charge in [0.05, 0.1) is 30.0 Å². The number of nitro groups is 1. The molecular weight excluding hydrogens is 889 g/mol. The lowest BCUT2D eigenvalue weighted by atomic mass is 10.0. The number of nitrogens with two attached hydrogens (primary N) is 1. The number of para-hydroxylation sites is 1. The van der Waals surface area contributed by atoms with Crippen LogP contribution in [0, 0.1) is 10.1 Å². The average Bonchev–Trinajstić information content (AvgIpc) is 3.84. The predicted octanol–water partition coefficient (Wildman–Crippen LogP) is -2.17. The molecule has 2 fully saturated rings. The van der Waals surface area contributed by atoms with Gasteiger partial charge in [0, 0.05) is 12.1 Å². The molecular formula is C29H33N8O21P3. The zero-order valence-corrected chi connectivity index (χ0v) is 33.0. The van der Waals surface area contributed by atoms with Crippen molar-refractivity contribution in [3.8, 4) is 0 Å². The van der Waals surface area contributed by atoms with Crippen LogP contribution < -0.4 is 20.5 Å². The third-order valence-electron chi connectivity index (χ3n) is 8.92. The van der Waals surface area contributed by atoms with Crippen LogP contribution >= 0.6 is 23.5 Å². The number of anilines is 1. The molecule has 11 atom stereocenters. The number of amides is 1. The second-order valence-corrected chi connectivity index (χ2v) is 17.1. The van der Waals surface area contributed by atoms with Crippen molar-refractivity contribution in [2.45, 2.75) is 55.1 Å². The summed E-state index contributed by atoms with van der Waals surface area (Å²) >= 11 is 0. The summed E-state index contributed by atoms with van der Waals surface area (Å²) in [4.78, 5) is 89.2. The van der Waals surface area contributed by atoms with Crippen molar-refractivity contribution < 1.29 is 100 Å². The minimum atomic E-state index is -5.86. The van der Waals surface area contributed by atoms with E-state index in [0.717, 1.165) is 40.1 Å². The summed E-state index contributed by atoms with van der Waals surface area (Å²) in [5, 5.41) is 55.5. The molecule has 32 heteroatoms. The molecule has 0 saturated carbocycles. The molecule has 2 saturated heterocycles. The first kappa shape index (κ1) is 45.7. The van der Waals surface area contributed by atoms with Crippen molar-refractivity contribution in [1.82, 2.24) is 24.8 Å². The van der Waals surface area contributed by atoms with Gasteiger partial charge in [0.2, 0.25) is 0 Å². The number of carboxylic acids is 1. The van der Waals surface area contributed by atoms with E-state index in [1.165, 1.54) is 30.5 Å². The van der Waals surface area contributed by atoms with Crippen LogP contribution in [-0.2, 0) is 45.8 Å². The van der Waals surface area contributed by atoms with E-state index in [4.69, 9.17) is 19.7 Å². The maximum absolute atomic E-state index is 13.1. The zero-order chi connectivity index (χ0) is 44.6. The number of pyridine rings is 1. The average molecular weight is 923 g/mol. The number of carbonyl (C=O) groups excluding carboxylic acids is 1. The van der Waals surface area contributed by atoms with E-state index < -0.39 is 114 Å². The number of hydrogen-bond donors (Lipinski definition) is 9. The third-order valence-corrected chi connectivity index (χ3v) is 12.0. The lowest BCUT2D eigenvalue weighted by molar-refractivity contribution is -0.765. The van der Waals surface area contributed by atoms with Crippen molar-refractivity contribution in [1.29, 1.82) is 0 Å². The fourth-order valence-electron chi connectivity index (χ4n) is 6.20. The van der Waals surface area contributed by atoms with Crippen LogP contribution in [0.1, 0.15) is 34.4 Å². The fourth-order valence-corrected chi connectivity index (χ4v) is 8.80. The van der Waals surface area contributed by atoms with E-state index >= 15 is 0 Å². The second kappa shape index (κ2) is 17.9. The van der Waals surface area contributed by atoms with Crippen LogP contribution in [-0.4, -0.2) is 121 Å². The number of carboxylic acid groups (broad SMARTS) is 1. The van der Waals surface area contributed by atoms with Gasteiger partial charge in [-0.2, -0.15) is 4.57 Å².